The van der Waals surface area contributed by atoms with E-state index in [1.807, 2.05) is 0 Å². The lowest BCUT2D eigenvalue weighted by molar-refractivity contribution is -0.161. The van der Waals surface area contributed by atoms with E-state index < -0.39 is 91.5 Å². The second-order valence-electron chi connectivity index (χ2n) is 30.0. The monoisotopic (exact) mass is 1650 g/mol. The minimum Gasteiger partial charge on any atom is -0.463 e. The number of hydrogen-bond acceptors (Lipinski definition) is 14. The Morgan fingerprint density at radius 2 is 0.461 bits per heavy atom. The fraction of sp³-hybridized carbons (Fsp3) is 0.680. The normalized spacial score (nSPS) is 14.6. The summed E-state index contributed by atoms with van der Waals surface area (Å²) >= 11 is 0. The maximum absolute atomic E-state index is 13.0. The number of phosphoric ester groups is 2. The number of carbonyl (C=O) groups excluding carboxylic acids is 3. The fourth-order valence-electron chi connectivity index (χ4n) is 12.0. The number of phosphoric acid groups is 2. The Balaban J connectivity index is 4.59. The molecule has 16 nitrogen and oxygen atoms in total. The van der Waals surface area contributed by atoms with Gasteiger partial charge in [-0.15, -0.1) is 0 Å². The molecule has 0 aromatic rings. The summed E-state index contributed by atoms with van der Waals surface area (Å²) in [6.07, 6.45) is 114. The molecule has 0 aromatic carbocycles. The number of carbonyl (C=O) groups is 3. The first-order valence-electron chi connectivity index (χ1n) is 45.4. The molecule has 0 fully saturated rings. The summed E-state index contributed by atoms with van der Waals surface area (Å²) in [4.78, 5) is 58.9. The van der Waals surface area contributed by atoms with Gasteiger partial charge in [0, 0.05) is 19.3 Å². The summed E-state index contributed by atoms with van der Waals surface area (Å²) in [5.41, 5.74) is 0. The topological polar surface area (TPSA) is 231 Å². The van der Waals surface area contributed by atoms with Gasteiger partial charge >= 0.3 is 33.6 Å². The second-order valence-corrected chi connectivity index (χ2v) is 32.9. The van der Waals surface area contributed by atoms with Crippen molar-refractivity contribution in [3.63, 3.8) is 0 Å². The van der Waals surface area contributed by atoms with Crippen molar-refractivity contribution in [2.45, 2.75) is 386 Å². The predicted molar refractivity (Wildman–Crippen MR) is 482 cm³/mol. The van der Waals surface area contributed by atoms with E-state index in [4.69, 9.17) is 32.3 Å². The number of ether oxygens (including phenoxy) is 3. The molecule has 0 aliphatic carbocycles. The predicted octanol–water partition coefficient (Wildman–Crippen LogP) is 27.9. The van der Waals surface area contributed by atoms with Gasteiger partial charge in [0.15, 0.2) is 6.10 Å². The molecule has 0 bridgehead atoms. The molecule has 0 aromatic heterocycles. The van der Waals surface area contributed by atoms with Crippen molar-refractivity contribution < 1.29 is 75.8 Å². The van der Waals surface area contributed by atoms with E-state index in [-0.39, 0.29) is 19.3 Å². The van der Waals surface area contributed by atoms with Crippen LogP contribution in [0, 0.1) is 0 Å². The molecule has 0 radical (unpaired) electrons. The number of hydrogen-bond donors (Lipinski definition) is 4. The van der Waals surface area contributed by atoms with Gasteiger partial charge in [-0.05, 0) is 161 Å². The first kappa shape index (κ1) is 110. The summed E-state index contributed by atoms with van der Waals surface area (Å²) in [7, 11) is -9.82. The summed E-state index contributed by atoms with van der Waals surface area (Å²) in [5.74, 6) is -1.61. The van der Waals surface area contributed by atoms with E-state index in [2.05, 4.69) is 191 Å². The van der Waals surface area contributed by atoms with Gasteiger partial charge in [-0.25, -0.2) is 9.13 Å². The maximum atomic E-state index is 13.0. The zero-order valence-electron chi connectivity index (χ0n) is 72.4. The molecule has 0 aliphatic heterocycles. The van der Waals surface area contributed by atoms with E-state index >= 15 is 0 Å². The van der Waals surface area contributed by atoms with Crippen LogP contribution in [-0.4, -0.2) is 95.9 Å². The number of esters is 3. The van der Waals surface area contributed by atoms with Gasteiger partial charge < -0.3 is 34.2 Å². The number of aliphatic hydroxyl groups excluding tert-OH is 2. The van der Waals surface area contributed by atoms with Crippen LogP contribution in [0.2, 0.25) is 0 Å². The van der Waals surface area contributed by atoms with Crippen LogP contribution in [0.4, 0.5) is 0 Å². The van der Waals surface area contributed by atoms with Gasteiger partial charge in [-0.2, -0.15) is 0 Å². The average Bonchev–Trinajstić information content (AvgIpc) is 0.925. The zero-order valence-corrected chi connectivity index (χ0v) is 74.2. The zero-order chi connectivity index (χ0) is 83.6. The Hall–Kier alpha value is -5.09. The minimum atomic E-state index is -4.95. The van der Waals surface area contributed by atoms with Crippen molar-refractivity contribution in [3.05, 3.63) is 170 Å². The van der Waals surface area contributed by atoms with Crippen molar-refractivity contribution in [1.29, 1.82) is 0 Å². The molecule has 658 valence electrons. The SMILES string of the molecule is CC/C=C\C/C=C\C/C=C\C/C=C\C/C=C\C/C=C\CCCCCCCCC(=O)OCC(COP(=O)(O)OCC(O)COP(=O)(O)OCC(O)COC(=O)CCCCCCCCCCCCCCCCCCC/C=C\C/C=C\C/C=C\C/C=C\CCCCC)OC(=O)CCCCCCC/C=C\C/C=C\C/C=C\C/C=C\CCCCC. The molecule has 0 aliphatic rings. The van der Waals surface area contributed by atoms with Crippen LogP contribution in [0.25, 0.3) is 0 Å². The van der Waals surface area contributed by atoms with Crippen LogP contribution in [0.5, 0.6) is 0 Å². The van der Waals surface area contributed by atoms with Crippen LogP contribution in [-0.2, 0) is 55.8 Å². The van der Waals surface area contributed by atoms with E-state index in [9.17, 15) is 43.5 Å². The minimum absolute atomic E-state index is 0.0744. The average molecular weight is 1650 g/mol. The highest BCUT2D eigenvalue weighted by Crippen LogP contribution is 2.45. The van der Waals surface area contributed by atoms with E-state index in [1.54, 1.807) is 0 Å². The van der Waals surface area contributed by atoms with Crippen LogP contribution in [0.15, 0.2) is 170 Å². The Kier molecular flexibility index (Phi) is 84.3. The highest BCUT2D eigenvalue weighted by Gasteiger charge is 2.29. The van der Waals surface area contributed by atoms with Gasteiger partial charge in [-0.3, -0.25) is 32.5 Å². The lowest BCUT2D eigenvalue weighted by Gasteiger charge is -2.21. The largest absolute Gasteiger partial charge is 0.472 e. The molecule has 0 saturated carbocycles. The van der Waals surface area contributed by atoms with Crippen molar-refractivity contribution >= 4 is 33.6 Å². The molecule has 0 spiro atoms. The van der Waals surface area contributed by atoms with Crippen LogP contribution in [0.3, 0.4) is 0 Å². The van der Waals surface area contributed by atoms with Crippen molar-refractivity contribution in [2.24, 2.45) is 0 Å². The molecule has 115 heavy (non-hydrogen) atoms. The highest BCUT2D eigenvalue weighted by atomic mass is 31.2. The number of unbranched alkanes of at least 4 members (excludes halogenated alkanes) is 34. The third kappa shape index (κ3) is 89.5. The van der Waals surface area contributed by atoms with Crippen molar-refractivity contribution in [3.8, 4) is 0 Å². The quantitative estimate of drug-likeness (QED) is 0.0146. The smallest absolute Gasteiger partial charge is 0.463 e. The first-order valence-corrected chi connectivity index (χ1v) is 48.4. The van der Waals surface area contributed by atoms with E-state index in [1.165, 1.54) is 135 Å². The Bertz CT molecular complexity index is 2770. The van der Waals surface area contributed by atoms with Crippen LogP contribution < -0.4 is 0 Å². The molecule has 0 heterocycles. The number of aliphatic hydroxyl groups is 2. The lowest BCUT2D eigenvalue weighted by Crippen LogP contribution is -2.30. The third-order valence-corrected chi connectivity index (χ3v) is 20.8. The number of allylic oxidation sites excluding steroid dienone is 28. The Morgan fingerprint density at radius 1 is 0.252 bits per heavy atom. The molecule has 0 amide bonds. The Labute approximate surface area is 701 Å². The van der Waals surface area contributed by atoms with E-state index in [0.717, 1.165) is 173 Å². The van der Waals surface area contributed by atoms with Gasteiger partial charge in [0.25, 0.3) is 0 Å². The molecular weight excluding hydrogens is 1480 g/mol. The van der Waals surface area contributed by atoms with Gasteiger partial charge in [0.1, 0.15) is 25.4 Å². The first-order chi connectivity index (χ1) is 56.2. The summed E-state index contributed by atoms with van der Waals surface area (Å²) in [5, 5.41) is 20.7. The summed E-state index contributed by atoms with van der Waals surface area (Å²) in [6.45, 7) is 2.50. The van der Waals surface area contributed by atoms with Crippen LogP contribution >= 0.6 is 15.6 Å². The molecule has 4 N–H and O–H groups in total. The molecule has 0 rings (SSSR count). The molecule has 18 heteroatoms. The van der Waals surface area contributed by atoms with Crippen molar-refractivity contribution in [2.75, 3.05) is 39.6 Å². The summed E-state index contributed by atoms with van der Waals surface area (Å²) in [6, 6.07) is 0. The molecular formula is C97H164O16P2. The highest BCUT2D eigenvalue weighted by molar-refractivity contribution is 7.47. The molecule has 5 unspecified atom stereocenters. The van der Waals surface area contributed by atoms with Gasteiger partial charge in [0.2, 0.25) is 0 Å². The second kappa shape index (κ2) is 88.2. The van der Waals surface area contributed by atoms with Crippen molar-refractivity contribution in [1.82, 2.24) is 0 Å². The van der Waals surface area contributed by atoms with E-state index in [0.29, 0.717) is 19.3 Å². The van der Waals surface area contributed by atoms with Crippen LogP contribution in [0.1, 0.15) is 367 Å². The van der Waals surface area contributed by atoms with Gasteiger partial charge in [-0.1, -0.05) is 358 Å². The third-order valence-electron chi connectivity index (χ3n) is 18.9. The molecule has 0 saturated heterocycles. The maximum Gasteiger partial charge on any atom is 0.472 e. The van der Waals surface area contributed by atoms with Gasteiger partial charge in [0.05, 0.1) is 26.4 Å². The number of rotatable bonds is 85. The standard InChI is InChI=1S/C97H164O16P2/c1-4-7-10-13-16-19-22-25-28-31-34-37-39-41-42-43-44-45-46-47-48-50-52-54-56-59-62-65-68-71-74-77-80-83-95(100)107-86-92(98)87-109-114(103,104)110-88-93(99)89-111-115(105,106)112-91-94(113-97(102)85-82-79-76-73-70-67-64-61-58-53-36-33-30-27-24-21-18-15-12-9-6-3)90-108-96(101)84-81-78-75-72-69-66-63-60-57-55-51-49-40-38-35-32-29-26-23-20-17-14-11-8-5-2/h8,11,16-21,25-30,34-38,41-42,49,51,53,57,60-61,64,92-94,98-99H,4-7,9-10,12-15,22-24,31-33,39-40,43-48,50,52,54-56,58-59,62-63,65-91H2,1-3H3,(H,103,104)(H,105,106)/b11-8-,19-16-,20-17-,21-18-,28-25-,29-26-,30-27-,37-34-,38-35-,42-41-,51-49-,53-36-,60-57-,64-61-. The fourth-order valence-corrected chi connectivity index (χ4v) is 13.6. The lowest BCUT2D eigenvalue weighted by atomic mass is 10.0. The Morgan fingerprint density at radius 3 is 0.730 bits per heavy atom. The summed E-state index contributed by atoms with van der Waals surface area (Å²) < 4.78 is 61.4. The molecule has 5 atom stereocenters.